The molecule has 134 valence electrons. The van der Waals surface area contributed by atoms with Crippen molar-refractivity contribution in [2.24, 2.45) is 0 Å². The van der Waals surface area contributed by atoms with Gasteiger partial charge < -0.3 is 10.1 Å². The van der Waals surface area contributed by atoms with Gasteiger partial charge in [-0.25, -0.2) is 0 Å². The summed E-state index contributed by atoms with van der Waals surface area (Å²) < 4.78 is 5.90. The van der Waals surface area contributed by atoms with E-state index in [1.807, 2.05) is 38.1 Å². The van der Waals surface area contributed by atoms with Crippen LogP contribution in [0.1, 0.15) is 55.5 Å². The van der Waals surface area contributed by atoms with Crippen molar-refractivity contribution in [3.8, 4) is 5.75 Å². The predicted molar refractivity (Wildman–Crippen MR) is 103 cm³/mol. The first-order valence-electron chi connectivity index (χ1n) is 9.07. The number of carbonyl (C=O) groups excluding carboxylic acids is 1. The topological polar surface area (TPSA) is 38.3 Å². The standard InChI is InChI=1S/C22H29NO2/c1-6-18-9-11-19(12-10-18)25-21(7-2)22(24)23-17(5)20-13-8-15(3)14-16(20)4/h8-14,17,21H,6-7H2,1-5H3,(H,23,24)/t17-,21+/m0/s1. The minimum absolute atomic E-state index is 0.0479. The summed E-state index contributed by atoms with van der Waals surface area (Å²) in [6.45, 7) is 10.2. The summed E-state index contributed by atoms with van der Waals surface area (Å²) in [5.74, 6) is 0.660. The largest absolute Gasteiger partial charge is 0.481 e. The van der Waals surface area contributed by atoms with Gasteiger partial charge in [0, 0.05) is 0 Å². The summed E-state index contributed by atoms with van der Waals surface area (Å²) in [6.07, 6.45) is 1.13. The lowest BCUT2D eigenvalue weighted by atomic mass is 10.00. The molecule has 2 aromatic rings. The normalized spacial score (nSPS) is 13.2. The zero-order chi connectivity index (χ0) is 18.4. The van der Waals surface area contributed by atoms with Crippen LogP contribution in [0.15, 0.2) is 42.5 Å². The molecule has 0 spiro atoms. The SMILES string of the molecule is CCc1ccc(O[C@H](CC)C(=O)N[C@@H](C)c2ccc(C)cc2C)cc1. The molecule has 1 amide bonds. The van der Waals surface area contributed by atoms with Gasteiger partial charge in [-0.1, -0.05) is 49.7 Å². The van der Waals surface area contributed by atoms with Crippen LogP contribution >= 0.6 is 0 Å². The molecule has 0 heterocycles. The highest BCUT2D eigenvalue weighted by Crippen LogP contribution is 2.20. The van der Waals surface area contributed by atoms with E-state index >= 15 is 0 Å². The zero-order valence-electron chi connectivity index (χ0n) is 15.9. The first-order valence-corrected chi connectivity index (χ1v) is 9.07. The number of nitrogens with one attached hydrogen (secondary N) is 1. The Balaban J connectivity index is 2.03. The van der Waals surface area contributed by atoms with Crippen LogP contribution in [0.2, 0.25) is 0 Å². The first-order chi connectivity index (χ1) is 11.9. The molecule has 3 heteroatoms. The van der Waals surface area contributed by atoms with E-state index in [1.165, 1.54) is 16.7 Å². The minimum Gasteiger partial charge on any atom is -0.481 e. The van der Waals surface area contributed by atoms with Crippen LogP contribution in [-0.4, -0.2) is 12.0 Å². The average molecular weight is 339 g/mol. The molecule has 0 fully saturated rings. The number of amides is 1. The second-order valence-electron chi connectivity index (χ2n) is 6.60. The number of rotatable bonds is 7. The number of benzene rings is 2. The third kappa shape index (κ3) is 5.09. The van der Waals surface area contributed by atoms with Crippen LogP contribution < -0.4 is 10.1 Å². The molecule has 2 rings (SSSR count). The van der Waals surface area contributed by atoms with Crippen molar-refractivity contribution in [3.05, 3.63) is 64.7 Å². The summed E-state index contributed by atoms with van der Waals surface area (Å²) in [4.78, 5) is 12.6. The number of hydrogen-bond acceptors (Lipinski definition) is 2. The van der Waals surface area contributed by atoms with Crippen molar-refractivity contribution in [2.45, 2.75) is 59.6 Å². The Kier molecular flexibility index (Phi) is 6.63. The monoisotopic (exact) mass is 339 g/mol. The molecular weight excluding hydrogens is 310 g/mol. The fourth-order valence-electron chi connectivity index (χ4n) is 2.99. The number of carbonyl (C=O) groups is 1. The van der Waals surface area contributed by atoms with Crippen LogP contribution in [-0.2, 0) is 11.2 Å². The van der Waals surface area contributed by atoms with E-state index in [-0.39, 0.29) is 11.9 Å². The summed E-state index contributed by atoms with van der Waals surface area (Å²) in [7, 11) is 0. The zero-order valence-corrected chi connectivity index (χ0v) is 15.9. The van der Waals surface area contributed by atoms with E-state index in [0.717, 1.165) is 17.7 Å². The summed E-state index contributed by atoms with van der Waals surface area (Å²) in [5, 5.41) is 3.09. The maximum Gasteiger partial charge on any atom is 0.261 e. The van der Waals surface area contributed by atoms with Gasteiger partial charge in [-0.15, -0.1) is 0 Å². The van der Waals surface area contributed by atoms with E-state index in [1.54, 1.807) is 0 Å². The molecule has 0 unspecified atom stereocenters. The molecule has 2 atom stereocenters. The Morgan fingerprint density at radius 3 is 2.32 bits per heavy atom. The van der Waals surface area contributed by atoms with Gasteiger partial charge in [-0.3, -0.25) is 4.79 Å². The molecule has 0 aliphatic rings. The van der Waals surface area contributed by atoms with Crippen LogP contribution in [0.3, 0.4) is 0 Å². The average Bonchev–Trinajstić information content (AvgIpc) is 2.59. The molecule has 0 radical (unpaired) electrons. The van der Waals surface area contributed by atoms with Crippen molar-refractivity contribution >= 4 is 5.91 Å². The molecule has 0 saturated carbocycles. The molecule has 1 N–H and O–H groups in total. The fraction of sp³-hybridized carbons (Fsp3) is 0.409. The van der Waals surface area contributed by atoms with Crippen LogP contribution in [0, 0.1) is 13.8 Å². The third-order valence-electron chi connectivity index (χ3n) is 4.52. The van der Waals surface area contributed by atoms with Gasteiger partial charge in [0.15, 0.2) is 6.10 Å². The van der Waals surface area contributed by atoms with Gasteiger partial charge in [-0.2, -0.15) is 0 Å². The van der Waals surface area contributed by atoms with Crippen molar-refractivity contribution in [2.75, 3.05) is 0 Å². The highest BCUT2D eigenvalue weighted by atomic mass is 16.5. The molecular formula is C22H29NO2. The Bertz CT molecular complexity index is 706. The molecule has 25 heavy (non-hydrogen) atoms. The van der Waals surface area contributed by atoms with E-state index in [2.05, 4.69) is 44.3 Å². The van der Waals surface area contributed by atoms with Crippen molar-refractivity contribution < 1.29 is 9.53 Å². The molecule has 3 nitrogen and oxygen atoms in total. The Labute approximate surface area is 151 Å². The summed E-state index contributed by atoms with van der Waals surface area (Å²) in [5.41, 5.74) is 4.82. The second-order valence-corrected chi connectivity index (χ2v) is 6.60. The molecule has 0 saturated heterocycles. The quantitative estimate of drug-likeness (QED) is 0.779. The smallest absolute Gasteiger partial charge is 0.261 e. The predicted octanol–water partition coefficient (Wildman–Crippen LogP) is 4.90. The molecule has 0 aromatic heterocycles. The highest BCUT2D eigenvalue weighted by molar-refractivity contribution is 5.81. The Morgan fingerprint density at radius 2 is 1.76 bits per heavy atom. The maximum absolute atomic E-state index is 12.6. The molecule has 0 aliphatic heterocycles. The molecule has 0 aliphatic carbocycles. The van der Waals surface area contributed by atoms with Gasteiger partial charge in [-0.05, 0) is 62.4 Å². The van der Waals surface area contributed by atoms with Crippen LogP contribution in [0.25, 0.3) is 0 Å². The first kappa shape index (κ1) is 19.0. The highest BCUT2D eigenvalue weighted by Gasteiger charge is 2.21. The minimum atomic E-state index is -0.485. The van der Waals surface area contributed by atoms with Gasteiger partial charge in [0.05, 0.1) is 6.04 Å². The van der Waals surface area contributed by atoms with Gasteiger partial charge >= 0.3 is 0 Å². The Morgan fingerprint density at radius 1 is 1.08 bits per heavy atom. The summed E-state index contributed by atoms with van der Waals surface area (Å²) in [6, 6.07) is 14.2. The second kappa shape index (κ2) is 8.70. The van der Waals surface area contributed by atoms with Gasteiger partial charge in [0.25, 0.3) is 5.91 Å². The van der Waals surface area contributed by atoms with E-state index in [0.29, 0.717) is 6.42 Å². The van der Waals surface area contributed by atoms with Gasteiger partial charge in [0.2, 0.25) is 0 Å². The van der Waals surface area contributed by atoms with E-state index < -0.39 is 6.10 Å². The van der Waals surface area contributed by atoms with Crippen molar-refractivity contribution in [1.82, 2.24) is 5.32 Å². The number of aryl methyl sites for hydroxylation is 3. The lowest BCUT2D eigenvalue weighted by molar-refractivity contribution is -0.128. The van der Waals surface area contributed by atoms with Crippen molar-refractivity contribution in [1.29, 1.82) is 0 Å². The maximum atomic E-state index is 12.6. The van der Waals surface area contributed by atoms with Crippen LogP contribution in [0.4, 0.5) is 0 Å². The number of ether oxygens (including phenoxy) is 1. The molecule has 2 aromatic carbocycles. The van der Waals surface area contributed by atoms with Gasteiger partial charge in [0.1, 0.15) is 5.75 Å². The lowest BCUT2D eigenvalue weighted by Crippen LogP contribution is -2.39. The lowest BCUT2D eigenvalue weighted by Gasteiger charge is -2.22. The third-order valence-corrected chi connectivity index (χ3v) is 4.52. The van der Waals surface area contributed by atoms with E-state index in [9.17, 15) is 4.79 Å². The summed E-state index contributed by atoms with van der Waals surface area (Å²) >= 11 is 0. The van der Waals surface area contributed by atoms with Crippen LogP contribution in [0.5, 0.6) is 5.75 Å². The number of hydrogen-bond donors (Lipinski definition) is 1. The van der Waals surface area contributed by atoms with Crippen molar-refractivity contribution in [3.63, 3.8) is 0 Å². The Hall–Kier alpha value is -2.29. The van der Waals surface area contributed by atoms with E-state index in [4.69, 9.17) is 4.74 Å². The molecule has 0 bridgehead atoms. The fourth-order valence-corrected chi connectivity index (χ4v) is 2.99.